The Balaban J connectivity index is 2.13. The first-order chi connectivity index (χ1) is 11.7. The van der Waals surface area contributed by atoms with E-state index < -0.39 is 18.7 Å². The largest absolute Gasteiger partial charge is 0.491 e. The number of halogens is 5. The predicted octanol–water partition coefficient (Wildman–Crippen LogP) is 5.61. The minimum Gasteiger partial charge on any atom is -0.491 e. The molecule has 0 saturated carbocycles. The standard InChI is InChI=1S/C17H16BrClF3NO2/c1-10-5-16(24-2)23-8-15(10)25-9-12(17(20,21)22)6-11-3-4-13(19)7-14(11)18/h3-5,7-8,12H,6,9H2,1-2H3. The highest BCUT2D eigenvalue weighted by Crippen LogP contribution is 2.33. The highest BCUT2D eigenvalue weighted by molar-refractivity contribution is 9.10. The van der Waals surface area contributed by atoms with Crippen LogP contribution in [0, 0.1) is 12.8 Å². The summed E-state index contributed by atoms with van der Waals surface area (Å²) < 4.78 is 51.0. The zero-order chi connectivity index (χ0) is 18.6. The van der Waals surface area contributed by atoms with Crippen molar-refractivity contribution in [2.24, 2.45) is 5.92 Å². The molecule has 0 aliphatic rings. The Kier molecular flexibility index (Phi) is 6.57. The Labute approximate surface area is 157 Å². The van der Waals surface area contributed by atoms with E-state index >= 15 is 0 Å². The molecule has 0 radical (unpaired) electrons. The second-order valence-electron chi connectivity index (χ2n) is 5.48. The minimum absolute atomic E-state index is 0.218. The van der Waals surface area contributed by atoms with Gasteiger partial charge in [0, 0.05) is 15.6 Å². The molecule has 0 aliphatic carbocycles. The van der Waals surface area contributed by atoms with Crippen molar-refractivity contribution in [3.05, 3.63) is 51.1 Å². The molecule has 25 heavy (non-hydrogen) atoms. The third kappa shape index (κ3) is 5.51. The monoisotopic (exact) mass is 437 g/mol. The number of hydrogen-bond donors (Lipinski definition) is 0. The maximum atomic E-state index is 13.4. The lowest BCUT2D eigenvalue weighted by atomic mass is 9.99. The zero-order valence-electron chi connectivity index (χ0n) is 13.5. The fourth-order valence-corrected chi connectivity index (χ4v) is 3.04. The van der Waals surface area contributed by atoms with Crippen LogP contribution >= 0.6 is 27.5 Å². The van der Waals surface area contributed by atoms with Crippen molar-refractivity contribution in [1.29, 1.82) is 0 Å². The van der Waals surface area contributed by atoms with Gasteiger partial charge in [0.2, 0.25) is 5.88 Å². The molecule has 1 aromatic carbocycles. The summed E-state index contributed by atoms with van der Waals surface area (Å²) in [6.07, 6.45) is -3.25. The van der Waals surface area contributed by atoms with E-state index in [0.29, 0.717) is 32.3 Å². The highest BCUT2D eigenvalue weighted by Gasteiger charge is 2.40. The second-order valence-corrected chi connectivity index (χ2v) is 6.77. The van der Waals surface area contributed by atoms with Crippen LogP contribution in [0.15, 0.2) is 34.9 Å². The summed E-state index contributed by atoms with van der Waals surface area (Å²) in [4.78, 5) is 3.96. The van der Waals surface area contributed by atoms with Crippen LogP contribution in [0.3, 0.4) is 0 Å². The summed E-state index contributed by atoms with van der Waals surface area (Å²) in [5.74, 6) is -0.987. The lowest BCUT2D eigenvalue weighted by Crippen LogP contribution is -2.31. The van der Waals surface area contributed by atoms with Crippen molar-refractivity contribution in [1.82, 2.24) is 4.98 Å². The SMILES string of the molecule is COc1cc(C)c(OCC(Cc2ccc(Cl)cc2Br)C(F)(F)F)cn1. The molecule has 0 spiro atoms. The summed E-state index contributed by atoms with van der Waals surface area (Å²) in [5.41, 5.74) is 1.17. The first kappa shape index (κ1) is 19.8. The molecule has 136 valence electrons. The van der Waals surface area contributed by atoms with Gasteiger partial charge >= 0.3 is 6.18 Å². The molecule has 1 heterocycles. The maximum Gasteiger partial charge on any atom is 0.395 e. The van der Waals surface area contributed by atoms with Gasteiger partial charge in [0.15, 0.2) is 0 Å². The summed E-state index contributed by atoms with van der Waals surface area (Å²) in [7, 11) is 1.46. The van der Waals surface area contributed by atoms with Crippen LogP contribution in [0.5, 0.6) is 11.6 Å². The average molecular weight is 439 g/mol. The van der Waals surface area contributed by atoms with E-state index in [0.717, 1.165) is 0 Å². The molecule has 8 heteroatoms. The van der Waals surface area contributed by atoms with Gasteiger partial charge in [0.05, 0.1) is 19.2 Å². The Bertz CT molecular complexity index is 740. The smallest absolute Gasteiger partial charge is 0.395 e. The molecule has 1 atom stereocenters. The third-order valence-electron chi connectivity index (χ3n) is 3.63. The van der Waals surface area contributed by atoms with Crippen LogP contribution in [-0.4, -0.2) is 24.9 Å². The predicted molar refractivity (Wildman–Crippen MR) is 93.4 cm³/mol. The second kappa shape index (κ2) is 8.27. The van der Waals surface area contributed by atoms with E-state index in [1.165, 1.54) is 13.3 Å². The number of benzene rings is 1. The number of aromatic nitrogens is 1. The molecule has 2 rings (SSSR count). The summed E-state index contributed by atoms with van der Waals surface area (Å²) in [5, 5.41) is 0.454. The Morgan fingerprint density at radius 1 is 1.28 bits per heavy atom. The van der Waals surface area contributed by atoms with Gasteiger partial charge in [-0.05, 0) is 36.6 Å². The first-order valence-electron chi connectivity index (χ1n) is 7.34. The molecule has 0 amide bonds. The normalized spacial score (nSPS) is 12.8. The fourth-order valence-electron chi connectivity index (χ4n) is 2.19. The molecule has 3 nitrogen and oxygen atoms in total. The average Bonchev–Trinajstić information content (AvgIpc) is 2.53. The van der Waals surface area contributed by atoms with Crippen molar-refractivity contribution in [3.8, 4) is 11.6 Å². The van der Waals surface area contributed by atoms with Gasteiger partial charge in [-0.15, -0.1) is 0 Å². The number of alkyl halides is 3. The summed E-state index contributed by atoms with van der Waals surface area (Å²) >= 11 is 9.08. The van der Waals surface area contributed by atoms with Gasteiger partial charge < -0.3 is 9.47 Å². The Morgan fingerprint density at radius 3 is 2.56 bits per heavy atom. The van der Waals surface area contributed by atoms with Gasteiger partial charge in [0.1, 0.15) is 12.4 Å². The Hall–Kier alpha value is -1.47. The molecule has 0 saturated heterocycles. The van der Waals surface area contributed by atoms with Gasteiger partial charge in [0.25, 0.3) is 0 Å². The first-order valence-corrected chi connectivity index (χ1v) is 8.52. The zero-order valence-corrected chi connectivity index (χ0v) is 15.9. The molecule has 0 bridgehead atoms. The summed E-state index contributed by atoms with van der Waals surface area (Å²) in [6.45, 7) is 1.21. The lowest BCUT2D eigenvalue weighted by molar-refractivity contribution is -0.181. The molecule has 1 aromatic heterocycles. The van der Waals surface area contributed by atoms with E-state index in [9.17, 15) is 13.2 Å². The maximum absolute atomic E-state index is 13.4. The van der Waals surface area contributed by atoms with E-state index in [4.69, 9.17) is 21.1 Å². The quantitative estimate of drug-likeness (QED) is 0.587. The van der Waals surface area contributed by atoms with Crippen molar-refractivity contribution in [2.75, 3.05) is 13.7 Å². The number of hydrogen-bond acceptors (Lipinski definition) is 3. The number of pyridine rings is 1. The van der Waals surface area contributed by atoms with Crippen molar-refractivity contribution >= 4 is 27.5 Å². The molecular formula is C17H16BrClF3NO2. The third-order valence-corrected chi connectivity index (χ3v) is 4.60. The van der Waals surface area contributed by atoms with Crippen LogP contribution in [-0.2, 0) is 6.42 Å². The van der Waals surface area contributed by atoms with E-state index in [1.54, 1.807) is 31.2 Å². The Morgan fingerprint density at radius 2 is 2.00 bits per heavy atom. The van der Waals surface area contributed by atoms with Gasteiger partial charge in [-0.2, -0.15) is 13.2 Å². The number of methoxy groups -OCH3 is 1. The number of rotatable bonds is 6. The van der Waals surface area contributed by atoms with Gasteiger partial charge in [-0.25, -0.2) is 4.98 Å². The van der Waals surface area contributed by atoms with Crippen LogP contribution in [0.2, 0.25) is 5.02 Å². The van der Waals surface area contributed by atoms with Crippen molar-refractivity contribution < 1.29 is 22.6 Å². The number of nitrogens with zero attached hydrogens (tertiary/aromatic N) is 1. The van der Waals surface area contributed by atoms with E-state index in [-0.39, 0.29) is 6.42 Å². The number of aryl methyl sites for hydroxylation is 1. The van der Waals surface area contributed by atoms with Crippen LogP contribution in [0.4, 0.5) is 13.2 Å². The minimum atomic E-state index is -4.40. The van der Waals surface area contributed by atoms with Crippen LogP contribution in [0.25, 0.3) is 0 Å². The topological polar surface area (TPSA) is 31.4 Å². The molecule has 2 aromatic rings. The molecule has 0 fully saturated rings. The van der Waals surface area contributed by atoms with E-state index in [2.05, 4.69) is 20.9 Å². The van der Waals surface area contributed by atoms with Crippen LogP contribution in [0.1, 0.15) is 11.1 Å². The fraction of sp³-hybridized carbons (Fsp3) is 0.353. The lowest BCUT2D eigenvalue weighted by Gasteiger charge is -2.22. The van der Waals surface area contributed by atoms with E-state index in [1.807, 2.05) is 0 Å². The molecular weight excluding hydrogens is 423 g/mol. The van der Waals surface area contributed by atoms with Crippen LogP contribution < -0.4 is 9.47 Å². The summed E-state index contributed by atoms with van der Waals surface area (Å²) in [6, 6.07) is 6.31. The van der Waals surface area contributed by atoms with Crippen molar-refractivity contribution in [2.45, 2.75) is 19.5 Å². The molecule has 0 aliphatic heterocycles. The number of ether oxygens (including phenoxy) is 2. The van der Waals surface area contributed by atoms with Crippen molar-refractivity contribution in [3.63, 3.8) is 0 Å². The molecule has 0 N–H and O–H groups in total. The molecule has 1 unspecified atom stereocenters. The van der Waals surface area contributed by atoms with Gasteiger partial charge in [-0.3, -0.25) is 0 Å². The highest BCUT2D eigenvalue weighted by atomic mass is 79.9. The van der Waals surface area contributed by atoms with Gasteiger partial charge in [-0.1, -0.05) is 33.6 Å².